The molecule has 0 aliphatic carbocycles. The minimum atomic E-state index is -0.681. The number of benzene rings is 2. The fraction of sp³-hybridized carbons (Fsp3) is 0.217. The number of aliphatic imine (C=N–C) groups is 1. The smallest absolute Gasteiger partial charge is 0.363 e. The molecule has 2 aromatic rings. The summed E-state index contributed by atoms with van der Waals surface area (Å²) in [6.07, 6.45) is 1.49. The molecule has 0 saturated heterocycles. The summed E-state index contributed by atoms with van der Waals surface area (Å²) in [4.78, 5) is 27.3. The molecular weight excluding hydrogens is 436 g/mol. The minimum absolute atomic E-state index is 0.0121. The summed E-state index contributed by atoms with van der Waals surface area (Å²) in [7, 11) is 0. The van der Waals surface area contributed by atoms with E-state index in [-0.39, 0.29) is 23.9 Å². The first-order valence-corrected chi connectivity index (χ1v) is 10.1. The zero-order valence-corrected chi connectivity index (χ0v) is 18.6. The van der Waals surface area contributed by atoms with Crippen molar-refractivity contribution in [2.75, 3.05) is 13.2 Å². The van der Waals surface area contributed by atoms with Gasteiger partial charge in [-0.25, -0.2) is 9.79 Å². The van der Waals surface area contributed by atoms with Crippen molar-refractivity contribution in [2.45, 2.75) is 20.8 Å². The highest BCUT2D eigenvalue weighted by Gasteiger charge is 2.26. The van der Waals surface area contributed by atoms with Crippen molar-refractivity contribution in [1.29, 1.82) is 0 Å². The van der Waals surface area contributed by atoms with Crippen LogP contribution in [0.5, 0.6) is 11.5 Å². The van der Waals surface area contributed by atoms with Crippen LogP contribution in [0.3, 0.4) is 0 Å². The second-order valence-electron chi connectivity index (χ2n) is 7.10. The number of nitrogens with zero attached hydrogens (tertiary/aromatic N) is 2. The first-order valence-electron chi connectivity index (χ1n) is 9.71. The zero-order valence-electron chi connectivity index (χ0n) is 17.8. The number of hydrogen-bond acceptors (Lipinski definition) is 7. The predicted molar refractivity (Wildman–Crippen MR) is 121 cm³/mol. The van der Waals surface area contributed by atoms with Crippen molar-refractivity contribution >= 4 is 35.2 Å². The van der Waals surface area contributed by atoms with E-state index in [0.717, 1.165) is 5.57 Å². The van der Waals surface area contributed by atoms with Crippen molar-refractivity contribution in [2.24, 2.45) is 4.99 Å². The van der Waals surface area contributed by atoms with Crippen LogP contribution in [0.2, 0.25) is 5.02 Å². The second-order valence-corrected chi connectivity index (χ2v) is 7.51. The van der Waals surface area contributed by atoms with Gasteiger partial charge in [-0.3, -0.25) is 10.1 Å². The van der Waals surface area contributed by atoms with Crippen LogP contribution < -0.4 is 9.47 Å². The van der Waals surface area contributed by atoms with Gasteiger partial charge in [0.05, 0.1) is 16.6 Å². The van der Waals surface area contributed by atoms with E-state index in [1.165, 1.54) is 12.1 Å². The van der Waals surface area contributed by atoms with Gasteiger partial charge in [-0.05, 0) is 56.2 Å². The maximum atomic E-state index is 12.4. The summed E-state index contributed by atoms with van der Waals surface area (Å²) in [5, 5.41) is 11.5. The van der Waals surface area contributed by atoms with E-state index in [9.17, 15) is 14.9 Å². The van der Waals surface area contributed by atoms with Gasteiger partial charge in [0.25, 0.3) is 5.69 Å². The Hall–Kier alpha value is -3.65. The number of rotatable bonds is 8. The Morgan fingerprint density at radius 3 is 2.72 bits per heavy atom. The maximum Gasteiger partial charge on any atom is 0.363 e. The Morgan fingerprint density at radius 1 is 1.31 bits per heavy atom. The number of aryl methyl sites for hydroxylation is 1. The molecule has 0 spiro atoms. The molecule has 32 heavy (non-hydrogen) atoms. The van der Waals surface area contributed by atoms with Crippen LogP contribution in [0, 0.1) is 17.0 Å². The number of halogens is 1. The Balaban J connectivity index is 1.96. The lowest BCUT2D eigenvalue weighted by molar-refractivity contribution is -0.385. The fourth-order valence-corrected chi connectivity index (χ4v) is 3.17. The molecular formula is C23H21ClN2O6. The molecule has 1 heterocycles. The molecule has 8 nitrogen and oxygen atoms in total. The van der Waals surface area contributed by atoms with E-state index in [1.807, 2.05) is 13.8 Å². The Morgan fingerprint density at radius 2 is 2.06 bits per heavy atom. The van der Waals surface area contributed by atoms with Crippen LogP contribution in [0.25, 0.3) is 6.08 Å². The number of cyclic esters (lactones) is 1. The van der Waals surface area contributed by atoms with Crippen LogP contribution in [0.4, 0.5) is 5.69 Å². The molecule has 0 aromatic heterocycles. The monoisotopic (exact) mass is 456 g/mol. The van der Waals surface area contributed by atoms with E-state index < -0.39 is 10.9 Å². The molecule has 0 saturated carbocycles. The Labute approximate surface area is 189 Å². The molecule has 0 amide bonds. The lowest BCUT2D eigenvalue weighted by Crippen LogP contribution is -2.06. The summed E-state index contributed by atoms with van der Waals surface area (Å²) in [5.74, 6) is 0.100. The molecule has 1 aliphatic rings. The highest BCUT2D eigenvalue weighted by molar-refractivity contribution is 6.32. The summed E-state index contributed by atoms with van der Waals surface area (Å²) in [6.45, 7) is 9.75. The quantitative estimate of drug-likeness (QED) is 0.177. The van der Waals surface area contributed by atoms with Crippen molar-refractivity contribution in [3.63, 3.8) is 0 Å². The van der Waals surface area contributed by atoms with Crippen molar-refractivity contribution in [3.8, 4) is 11.5 Å². The third-order valence-corrected chi connectivity index (χ3v) is 4.65. The molecule has 0 unspecified atom stereocenters. The molecule has 0 radical (unpaired) electrons. The molecule has 166 valence electrons. The molecule has 0 fully saturated rings. The van der Waals surface area contributed by atoms with E-state index in [0.29, 0.717) is 39.8 Å². The predicted octanol–water partition coefficient (Wildman–Crippen LogP) is 5.25. The van der Waals surface area contributed by atoms with Gasteiger partial charge in [-0.1, -0.05) is 24.2 Å². The molecule has 0 bridgehead atoms. The zero-order chi connectivity index (χ0) is 23.4. The first kappa shape index (κ1) is 23.0. The van der Waals surface area contributed by atoms with E-state index in [1.54, 1.807) is 31.2 Å². The SMILES string of the molecule is C=C(C)COc1c(Cl)cc(/C=C2\N=C(c3ccc(C)c([N+](=O)[O-])c3)OC2=O)cc1OCC. The van der Waals surface area contributed by atoms with Gasteiger partial charge in [-0.2, -0.15) is 0 Å². The number of nitro benzene ring substituents is 1. The van der Waals surface area contributed by atoms with Crippen molar-refractivity contribution in [1.82, 2.24) is 0 Å². The molecule has 0 atom stereocenters. The fourth-order valence-electron chi connectivity index (χ4n) is 2.90. The van der Waals surface area contributed by atoms with Crippen LogP contribution in [0.15, 0.2) is 53.2 Å². The largest absolute Gasteiger partial charge is 0.490 e. The lowest BCUT2D eigenvalue weighted by Gasteiger charge is -2.14. The number of carbonyl (C=O) groups excluding carboxylic acids is 1. The van der Waals surface area contributed by atoms with Crippen molar-refractivity contribution < 1.29 is 23.9 Å². The number of hydrogen-bond donors (Lipinski definition) is 0. The topological polar surface area (TPSA) is 100 Å². The van der Waals surface area contributed by atoms with E-state index >= 15 is 0 Å². The normalized spacial score (nSPS) is 14.2. The summed E-state index contributed by atoms with van der Waals surface area (Å²) >= 11 is 6.38. The molecule has 0 N–H and O–H groups in total. The summed E-state index contributed by atoms with van der Waals surface area (Å²) < 4.78 is 16.6. The Kier molecular flexibility index (Phi) is 6.95. The van der Waals surface area contributed by atoms with Gasteiger partial charge >= 0.3 is 5.97 Å². The number of carbonyl (C=O) groups is 1. The number of ether oxygens (including phenoxy) is 3. The van der Waals surface area contributed by atoms with Crippen LogP contribution in [-0.2, 0) is 9.53 Å². The number of nitro groups is 1. The van der Waals surface area contributed by atoms with E-state index in [2.05, 4.69) is 11.6 Å². The van der Waals surface area contributed by atoms with Gasteiger partial charge in [-0.15, -0.1) is 0 Å². The lowest BCUT2D eigenvalue weighted by atomic mass is 10.1. The average molecular weight is 457 g/mol. The highest BCUT2D eigenvalue weighted by Crippen LogP contribution is 2.38. The Bertz CT molecular complexity index is 1170. The number of esters is 1. The third kappa shape index (κ3) is 5.15. The molecule has 2 aromatic carbocycles. The van der Waals surface area contributed by atoms with Gasteiger partial charge in [0.1, 0.15) is 6.61 Å². The third-order valence-electron chi connectivity index (χ3n) is 4.37. The second kappa shape index (κ2) is 9.65. The summed E-state index contributed by atoms with van der Waals surface area (Å²) in [5.41, 5.74) is 2.13. The standard InChI is InChI=1S/C23H21ClN2O6/c1-5-30-20-10-15(8-17(24)21(20)31-12-13(2)3)9-18-23(27)32-22(25-18)16-7-6-14(4)19(11-16)26(28)29/h6-11H,2,5,12H2,1,3-4H3/b18-9-. The van der Waals surface area contributed by atoms with Crippen LogP contribution in [-0.4, -0.2) is 30.0 Å². The van der Waals surface area contributed by atoms with Gasteiger partial charge in [0.2, 0.25) is 5.90 Å². The molecule has 3 rings (SSSR count). The van der Waals surface area contributed by atoms with Gasteiger partial charge in [0, 0.05) is 17.2 Å². The minimum Gasteiger partial charge on any atom is -0.490 e. The van der Waals surface area contributed by atoms with Gasteiger partial charge < -0.3 is 14.2 Å². The average Bonchev–Trinajstić information content (AvgIpc) is 3.07. The maximum absolute atomic E-state index is 12.4. The van der Waals surface area contributed by atoms with Crippen LogP contribution in [0.1, 0.15) is 30.5 Å². The van der Waals surface area contributed by atoms with Crippen LogP contribution >= 0.6 is 11.6 Å². The van der Waals surface area contributed by atoms with Crippen molar-refractivity contribution in [3.05, 3.63) is 80.0 Å². The molecule has 9 heteroatoms. The van der Waals surface area contributed by atoms with Gasteiger partial charge in [0.15, 0.2) is 17.2 Å². The summed E-state index contributed by atoms with van der Waals surface area (Å²) in [6, 6.07) is 7.79. The molecule has 1 aliphatic heterocycles. The first-order chi connectivity index (χ1) is 15.2. The van der Waals surface area contributed by atoms with E-state index in [4.69, 9.17) is 25.8 Å². The highest BCUT2D eigenvalue weighted by atomic mass is 35.5.